The van der Waals surface area contributed by atoms with Crippen molar-refractivity contribution in [3.63, 3.8) is 0 Å². The van der Waals surface area contributed by atoms with Gasteiger partial charge in [-0.1, -0.05) is 23.2 Å². The van der Waals surface area contributed by atoms with Gasteiger partial charge in [0.1, 0.15) is 17.6 Å². The van der Waals surface area contributed by atoms with E-state index in [1.807, 2.05) is 0 Å². The van der Waals surface area contributed by atoms with Crippen LogP contribution in [0.2, 0.25) is 10.2 Å². The topological polar surface area (TPSA) is 61.3 Å². The molecule has 24 heavy (non-hydrogen) atoms. The number of benzene rings is 1. The molecule has 0 radical (unpaired) electrons. The summed E-state index contributed by atoms with van der Waals surface area (Å²) in [5.74, 6) is -0.657. The third kappa shape index (κ3) is 4.33. The largest absolute Gasteiger partial charge is 0.476 e. The minimum atomic E-state index is -0.862. The van der Waals surface area contributed by atoms with E-state index in [9.17, 15) is 9.18 Å². The van der Waals surface area contributed by atoms with Crippen LogP contribution in [-0.4, -0.2) is 29.7 Å². The highest BCUT2D eigenvalue weighted by Gasteiger charge is 2.30. The average Bonchev–Trinajstić information content (AvgIpc) is 2.54. The Labute approximate surface area is 148 Å². The summed E-state index contributed by atoms with van der Waals surface area (Å²) in [5, 5.41) is 0.123. The van der Waals surface area contributed by atoms with Gasteiger partial charge < -0.3 is 9.47 Å². The van der Waals surface area contributed by atoms with Gasteiger partial charge in [-0.2, -0.15) is 4.98 Å². The van der Waals surface area contributed by atoms with Crippen LogP contribution in [0.4, 0.5) is 4.39 Å². The molecule has 0 saturated carbocycles. The number of hydrogen-bond donors (Lipinski definition) is 0. The normalized spacial score (nSPS) is 11.2. The number of halogens is 3. The Morgan fingerprint density at radius 2 is 1.96 bits per heavy atom. The summed E-state index contributed by atoms with van der Waals surface area (Å²) in [7, 11) is 1.30. The molecule has 2 aromatic rings. The summed E-state index contributed by atoms with van der Waals surface area (Å²) < 4.78 is 23.8. The lowest BCUT2D eigenvalue weighted by molar-refractivity contribution is -0.152. The van der Waals surface area contributed by atoms with Gasteiger partial charge in [-0.15, -0.1) is 0 Å². The number of methoxy groups -OCH3 is 1. The fourth-order valence-electron chi connectivity index (χ4n) is 1.82. The van der Waals surface area contributed by atoms with Crippen LogP contribution in [0.15, 0.2) is 24.3 Å². The smallest absolute Gasteiger partial charge is 0.314 e. The minimum Gasteiger partial charge on any atom is -0.476 e. The van der Waals surface area contributed by atoms with E-state index in [0.29, 0.717) is 5.56 Å². The Morgan fingerprint density at radius 1 is 1.25 bits per heavy atom. The molecular weight excluding hydrogens is 358 g/mol. The van der Waals surface area contributed by atoms with Gasteiger partial charge in [-0.05, 0) is 32.0 Å². The molecule has 5 nitrogen and oxygen atoms in total. The molecule has 1 heterocycles. The number of carbonyl (C=O) groups is 1. The predicted octanol–water partition coefficient (Wildman–Crippen LogP) is 4.17. The molecule has 128 valence electrons. The molecule has 0 fully saturated rings. The number of aromatic nitrogens is 2. The molecule has 2 rings (SSSR count). The Kier molecular flexibility index (Phi) is 5.62. The van der Waals surface area contributed by atoms with E-state index < -0.39 is 17.2 Å². The first kappa shape index (κ1) is 18.4. The molecule has 0 aliphatic carbocycles. The second-order valence-corrected chi connectivity index (χ2v) is 6.44. The third-order valence-electron chi connectivity index (χ3n) is 3.17. The van der Waals surface area contributed by atoms with E-state index in [1.54, 1.807) is 19.9 Å². The van der Waals surface area contributed by atoms with Gasteiger partial charge in [0.15, 0.2) is 5.82 Å². The van der Waals surface area contributed by atoms with Crippen LogP contribution in [-0.2, 0) is 9.53 Å². The highest BCUT2D eigenvalue weighted by Crippen LogP contribution is 2.26. The number of hydrogen-bond acceptors (Lipinski definition) is 5. The number of esters is 1. The van der Waals surface area contributed by atoms with Crippen molar-refractivity contribution in [1.29, 1.82) is 0 Å². The van der Waals surface area contributed by atoms with Crippen LogP contribution in [0.25, 0.3) is 11.4 Å². The zero-order valence-electron chi connectivity index (χ0n) is 13.3. The molecule has 0 N–H and O–H groups in total. The molecule has 0 aliphatic rings. The lowest BCUT2D eigenvalue weighted by Crippen LogP contribution is -2.32. The molecule has 0 unspecified atom stereocenters. The maximum atomic E-state index is 13.6. The lowest BCUT2D eigenvalue weighted by Gasteiger charge is -2.21. The summed E-state index contributed by atoms with van der Waals surface area (Å²) in [6, 6.07) is 5.58. The molecule has 1 aromatic carbocycles. The molecule has 8 heteroatoms. The SMILES string of the molecule is COC(=O)C(C)(C)COc1cc(Cl)nc(-c2ccc(Cl)c(F)c2)n1. The van der Waals surface area contributed by atoms with E-state index in [1.165, 1.54) is 25.3 Å². The molecule has 1 aromatic heterocycles. The van der Waals surface area contributed by atoms with Gasteiger partial charge in [0.05, 0.1) is 17.5 Å². The van der Waals surface area contributed by atoms with Crippen molar-refractivity contribution in [3.05, 3.63) is 40.3 Å². The Bertz CT molecular complexity index is 769. The second kappa shape index (κ2) is 7.32. The maximum Gasteiger partial charge on any atom is 0.314 e. The summed E-state index contributed by atoms with van der Waals surface area (Å²) >= 11 is 11.6. The minimum absolute atomic E-state index is 0.00270. The first-order chi connectivity index (χ1) is 11.2. The van der Waals surface area contributed by atoms with E-state index in [-0.39, 0.29) is 28.5 Å². The van der Waals surface area contributed by atoms with Gasteiger partial charge in [0, 0.05) is 11.6 Å². The van der Waals surface area contributed by atoms with E-state index in [2.05, 4.69) is 9.97 Å². The highest BCUT2D eigenvalue weighted by molar-refractivity contribution is 6.30. The van der Waals surface area contributed by atoms with Gasteiger partial charge in [-0.25, -0.2) is 9.37 Å². The van der Waals surface area contributed by atoms with E-state index in [0.717, 1.165) is 0 Å². The first-order valence-corrected chi connectivity index (χ1v) is 7.70. The van der Waals surface area contributed by atoms with Gasteiger partial charge >= 0.3 is 5.97 Å². The summed E-state index contributed by atoms with van der Waals surface area (Å²) in [6.07, 6.45) is 0. The first-order valence-electron chi connectivity index (χ1n) is 6.94. The van der Waals surface area contributed by atoms with Crippen LogP contribution < -0.4 is 4.74 Å². The van der Waals surface area contributed by atoms with Crippen LogP contribution in [0.5, 0.6) is 5.88 Å². The molecule has 0 bridgehead atoms. The number of ether oxygens (including phenoxy) is 2. The average molecular weight is 373 g/mol. The Morgan fingerprint density at radius 3 is 2.58 bits per heavy atom. The summed E-state index contributed by atoms with van der Waals surface area (Å²) in [4.78, 5) is 19.9. The zero-order chi connectivity index (χ0) is 17.9. The van der Waals surface area contributed by atoms with Gasteiger partial charge in [0.2, 0.25) is 5.88 Å². The predicted molar refractivity (Wildman–Crippen MR) is 88.7 cm³/mol. The van der Waals surface area contributed by atoms with Gasteiger partial charge in [-0.3, -0.25) is 4.79 Å². The van der Waals surface area contributed by atoms with Gasteiger partial charge in [0.25, 0.3) is 0 Å². The third-order valence-corrected chi connectivity index (χ3v) is 3.67. The lowest BCUT2D eigenvalue weighted by atomic mass is 9.95. The maximum absolute atomic E-state index is 13.6. The molecule has 0 spiro atoms. The standard InChI is InChI=1S/C16H15Cl2FN2O3/c1-16(2,15(22)23-3)8-24-13-7-12(18)20-14(21-13)9-4-5-10(17)11(19)6-9/h4-7H,8H2,1-3H3. The van der Waals surface area contributed by atoms with Crippen molar-refractivity contribution >= 4 is 29.2 Å². The molecule has 0 saturated heterocycles. The Balaban J connectivity index is 2.25. The number of carbonyl (C=O) groups excluding carboxylic acids is 1. The molecule has 0 atom stereocenters. The fraction of sp³-hybridized carbons (Fsp3) is 0.312. The van der Waals surface area contributed by atoms with Crippen molar-refractivity contribution in [2.24, 2.45) is 5.41 Å². The van der Waals surface area contributed by atoms with Crippen molar-refractivity contribution < 1.29 is 18.7 Å². The zero-order valence-corrected chi connectivity index (χ0v) is 14.8. The van der Waals surface area contributed by atoms with E-state index >= 15 is 0 Å². The van der Waals surface area contributed by atoms with Crippen molar-refractivity contribution in [2.45, 2.75) is 13.8 Å². The quantitative estimate of drug-likeness (QED) is 0.582. The highest BCUT2D eigenvalue weighted by atomic mass is 35.5. The van der Waals surface area contributed by atoms with Crippen molar-refractivity contribution in [3.8, 4) is 17.3 Å². The fourth-order valence-corrected chi connectivity index (χ4v) is 2.12. The van der Waals surface area contributed by atoms with E-state index in [4.69, 9.17) is 32.7 Å². The molecular formula is C16H15Cl2FN2O3. The second-order valence-electron chi connectivity index (χ2n) is 5.65. The van der Waals surface area contributed by atoms with Crippen LogP contribution >= 0.6 is 23.2 Å². The van der Waals surface area contributed by atoms with Crippen LogP contribution in [0.3, 0.4) is 0 Å². The number of nitrogens with zero attached hydrogens (tertiary/aromatic N) is 2. The Hall–Kier alpha value is -1.92. The summed E-state index contributed by atoms with van der Waals surface area (Å²) in [5.41, 5.74) is -0.463. The van der Waals surface area contributed by atoms with Crippen molar-refractivity contribution in [1.82, 2.24) is 9.97 Å². The van der Waals surface area contributed by atoms with Crippen LogP contribution in [0, 0.1) is 11.2 Å². The monoisotopic (exact) mass is 372 g/mol. The van der Waals surface area contributed by atoms with Crippen LogP contribution in [0.1, 0.15) is 13.8 Å². The molecule has 0 aliphatic heterocycles. The summed E-state index contributed by atoms with van der Waals surface area (Å²) in [6.45, 7) is 3.38. The molecule has 0 amide bonds. The van der Waals surface area contributed by atoms with Crippen molar-refractivity contribution in [2.75, 3.05) is 13.7 Å². The number of rotatable bonds is 5.